The molecule has 9 heteroatoms. The zero-order chi connectivity index (χ0) is 27.0. The fraction of sp³-hybridized carbons (Fsp3) is 0.310. The molecule has 4 amide bonds. The van der Waals surface area contributed by atoms with Crippen molar-refractivity contribution in [2.45, 2.75) is 62.0 Å². The number of amides is 4. The number of sulfonamides is 1. The van der Waals surface area contributed by atoms with Gasteiger partial charge in [0.1, 0.15) is 0 Å². The number of benzene rings is 3. The number of carbonyl (C=O) groups excluding carboxylic acids is 2. The predicted molar refractivity (Wildman–Crippen MR) is 147 cm³/mol. The van der Waals surface area contributed by atoms with Gasteiger partial charge in [-0.1, -0.05) is 97.6 Å². The predicted octanol–water partition coefficient (Wildman–Crippen LogP) is 5.10. The van der Waals surface area contributed by atoms with Crippen LogP contribution in [-0.2, 0) is 10.0 Å². The molecule has 0 aromatic heterocycles. The van der Waals surface area contributed by atoms with E-state index in [1.165, 1.54) is 18.6 Å². The van der Waals surface area contributed by atoms with E-state index >= 15 is 0 Å². The van der Waals surface area contributed by atoms with Gasteiger partial charge in [0.15, 0.2) is 0 Å². The fourth-order valence-electron chi connectivity index (χ4n) is 4.72. The Kier molecular flexibility index (Phi) is 9.02. The first-order valence-corrected chi connectivity index (χ1v) is 14.4. The van der Waals surface area contributed by atoms with Gasteiger partial charge in [-0.25, -0.2) is 22.7 Å². The molecular formula is C29H34N4O4S. The molecule has 38 heavy (non-hydrogen) atoms. The summed E-state index contributed by atoms with van der Waals surface area (Å²) in [5.74, 6) is 0. The second kappa shape index (κ2) is 12.6. The van der Waals surface area contributed by atoms with Crippen molar-refractivity contribution in [1.29, 1.82) is 0 Å². The highest BCUT2D eigenvalue weighted by atomic mass is 32.2. The molecule has 0 bridgehead atoms. The quantitative estimate of drug-likeness (QED) is 0.322. The maximum atomic E-state index is 13.1. The van der Waals surface area contributed by atoms with E-state index < -0.39 is 28.1 Å². The van der Waals surface area contributed by atoms with Crippen LogP contribution in [0.2, 0.25) is 0 Å². The van der Waals surface area contributed by atoms with E-state index in [1.807, 2.05) is 67.6 Å². The molecule has 0 aliphatic heterocycles. The van der Waals surface area contributed by atoms with E-state index in [-0.39, 0.29) is 17.0 Å². The van der Waals surface area contributed by atoms with Crippen molar-refractivity contribution in [3.63, 3.8) is 0 Å². The lowest BCUT2D eigenvalue weighted by Crippen LogP contribution is -2.49. The van der Waals surface area contributed by atoms with Crippen molar-refractivity contribution in [2.75, 3.05) is 0 Å². The molecule has 1 saturated carbocycles. The fourth-order valence-corrected chi connectivity index (χ4v) is 5.64. The van der Waals surface area contributed by atoms with E-state index in [0.29, 0.717) is 5.56 Å². The van der Waals surface area contributed by atoms with Gasteiger partial charge >= 0.3 is 12.1 Å². The Hall–Kier alpha value is -3.85. The maximum absolute atomic E-state index is 13.1. The summed E-state index contributed by atoms with van der Waals surface area (Å²) in [5.41, 5.74) is 2.38. The Labute approximate surface area is 224 Å². The molecule has 0 saturated heterocycles. The summed E-state index contributed by atoms with van der Waals surface area (Å²) < 4.78 is 27.8. The first kappa shape index (κ1) is 27.2. The molecule has 200 valence electrons. The standard InChI is InChI=1S/C29H34N4O4S/c1-21-17-19-25(20-18-21)38(36,37)33-29(35)32-27(23-13-7-3-8-14-23)26(22-11-5-2-6-12-22)31-28(34)30-24-15-9-4-10-16-24/h2-3,5-8,11-14,17-20,24,26-27H,4,9-10,15-16H2,1H3,(H2,30,31,34)(H2,32,33,35). The number of urea groups is 2. The smallest absolute Gasteiger partial charge is 0.329 e. The number of carbonyl (C=O) groups is 2. The highest BCUT2D eigenvalue weighted by molar-refractivity contribution is 7.90. The Morgan fingerprint density at radius 2 is 1.21 bits per heavy atom. The van der Waals surface area contributed by atoms with Gasteiger partial charge in [-0.3, -0.25) is 0 Å². The number of hydrogen-bond donors (Lipinski definition) is 4. The van der Waals surface area contributed by atoms with Crippen LogP contribution in [-0.4, -0.2) is 26.5 Å². The zero-order valence-electron chi connectivity index (χ0n) is 21.4. The highest BCUT2D eigenvalue weighted by Gasteiger charge is 2.30. The molecule has 1 fully saturated rings. The van der Waals surface area contributed by atoms with Gasteiger partial charge in [0.05, 0.1) is 17.0 Å². The minimum absolute atomic E-state index is 0.0147. The average Bonchev–Trinajstić information content (AvgIpc) is 2.92. The number of hydrogen-bond acceptors (Lipinski definition) is 4. The topological polar surface area (TPSA) is 116 Å². The lowest BCUT2D eigenvalue weighted by molar-refractivity contribution is 0.221. The third kappa shape index (κ3) is 7.35. The van der Waals surface area contributed by atoms with Gasteiger partial charge in [-0.05, 0) is 43.0 Å². The number of aryl methyl sites for hydroxylation is 1. The molecule has 0 radical (unpaired) electrons. The zero-order valence-corrected chi connectivity index (χ0v) is 22.2. The second-order valence-corrected chi connectivity index (χ2v) is 11.3. The maximum Gasteiger partial charge on any atom is 0.329 e. The van der Waals surface area contributed by atoms with Crippen LogP contribution < -0.4 is 20.7 Å². The van der Waals surface area contributed by atoms with Crippen LogP contribution in [0.1, 0.15) is 60.9 Å². The SMILES string of the molecule is Cc1ccc(S(=O)(=O)NC(=O)NC(c2ccccc2)C(NC(=O)NC2CCCCC2)c2ccccc2)cc1. The summed E-state index contributed by atoms with van der Waals surface area (Å²) in [4.78, 5) is 26.2. The summed E-state index contributed by atoms with van der Waals surface area (Å²) in [6.07, 6.45) is 5.20. The molecule has 8 nitrogen and oxygen atoms in total. The van der Waals surface area contributed by atoms with Gasteiger partial charge in [0.25, 0.3) is 10.0 Å². The second-order valence-electron chi connectivity index (χ2n) is 9.62. The molecule has 3 aromatic carbocycles. The van der Waals surface area contributed by atoms with Crippen molar-refractivity contribution in [1.82, 2.24) is 20.7 Å². The van der Waals surface area contributed by atoms with Gasteiger partial charge in [0, 0.05) is 6.04 Å². The van der Waals surface area contributed by atoms with Crippen LogP contribution >= 0.6 is 0 Å². The summed E-state index contributed by atoms with van der Waals surface area (Å²) in [5, 5.41) is 8.92. The third-order valence-corrected chi connectivity index (χ3v) is 8.07. The largest absolute Gasteiger partial charge is 0.335 e. The first-order chi connectivity index (χ1) is 18.3. The molecule has 4 N–H and O–H groups in total. The molecule has 4 rings (SSSR count). The van der Waals surface area contributed by atoms with E-state index in [2.05, 4.69) is 20.7 Å². The van der Waals surface area contributed by atoms with Gasteiger partial charge in [0.2, 0.25) is 0 Å². The van der Waals surface area contributed by atoms with Crippen LogP contribution in [0, 0.1) is 6.92 Å². The van der Waals surface area contributed by atoms with Crippen LogP contribution in [0.25, 0.3) is 0 Å². The van der Waals surface area contributed by atoms with E-state index in [1.54, 1.807) is 12.1 Å². The van der Waals surface area contributed by atoms with Crippen LogP contribution in [0.5, 0.6) is 0 Å². The Morgan fingerprint density at radius 3 is 1.74 bits per heavy atom. The first-order valence-electron chi connectivity index (χ1n) is 12.9. The van der Waals surface area contributed by atoms with Crippen molar-refractivity contribution in [3.8, 4) is 0 Å². The molecule has 3 aromatic rings. The lowest BCUT2D eigenvalue weighted by atomic mass is 9.93. The molecular weight excluding hydrogens is 500 g/mol. The van der Waals surface area contributed by atoms with E-state index in [4.69, 9.17) is 0 Å². The lowest BCUT2D eigenvalue weighted by Gasteiger charge is -2.31. The Balaban J connectivity index is 1.59. The van der Waals surface area contributed by atoms with E-state index in [9.17, 15) is 18.0 Å². The Morgan fingerprint density at radius 1 is 0.711 bits per heavy atom. The molecule has 1 aliphatic carbocycles. The van der Waals surface area contributed by atoms with Crippen molar-refractivity contribution in [2.24, 2.45) is 0 Å². The normalized spacial score (nSPS) is 15.6. The van der Waals surface area contributed by atoms with Crippen LogP contribution in [0.15, 0.2) is 89.8 Å². The number of rotatable bonds is 8. The summed E-state index contributed by atoms with van der Waals surface area (Å²) >= 11 is 0. The Bertz CT molecular complexity index is 1310. The highest BCUT2D eigenvalue weighted by Crippen LogP contribution is 2.29. The van der Waals surface area contributed by atoms with Crippen molar-refractivity contribution >= 4 is 22.1 Å². The molecule has 2 unspecified atom stereocenters. The van der Waals surface area contributed by atoms with E-state index in [0.717, 1.165) is 36.8 Å². The molecule has 0 spiro atoms. The van der Waals surface area contributed by atoms with Gasteiger partial charge in [-0.15, -0.1) is 0 Å². The average molecular weight is 535 g/mol. The summed E-state index contributed by atoms with van der Waals surface area (Å²) in [6.45, 7) is 1.85. The van der Waals surface area contributed by atoms with Crippen LogP contribution in [0.3, 0.4) is 0 Å². The van der Waals surface area contributed by atoms with Crippen molar-refractivity contribution < 1.29 is 18.0 Å². The summed E-state index contributed by atoms with van der Waals surface area (Å²) in [6, 6.07) is 22.1. The minimum atomic E-state index is -4.10. The third-order valence-electron chi connectivity index (χ3n) is 6.72. The molecule has 2 atom stereocenters. The minimum Gasteiger partial charge on any atom is -0.335 e. The van der Waals surface area contributed by atoms with Gasteiger partial charge < -0.3 is 16.0 Å². The number of nitrogens with one attached hydrogen (secondary N) is 4. The van der Waals surface area contributed by atoms with Crippen LogP contribution in [0.4, 0.5) is 9.59 Å². The molecule has 1 aliphatic rings. The molecule has 0 heterocycles. The van der Waals surface area contributed by atoms with Crippen molar-refractivity contribution in [3.05, 3.63) is 102 Å². The van der Waals surface area contributed by atoms with Gasteiger partial charge in [-0.2, -0.15) is 0 Å². The summed E-state index contributed by atoms with van der Waals surface area (Å²) in [7, 11) is -4.10. The monoisotopic (exact) mass is 534 g/mol.